The third kappa shape index (κ3) is 1.03. The lowest BCUT2D eigenvalue weighted by Gasteiger charge is -2.64. The molecule has 0 spiro atoms. The molecule has 1 heterocycles. The first-order chi connectivity index (χ1) is 6.98. The lowest BCUT2D eigenvalue weighted by molar-refractivity contribution is -0.199. The molecule has 0 radical (unpaired) electrons. The van der Waals surface area contributed by atoms with Crippen LogP contribution in [0.5, 0.6) is 0 Å². The average Bonchev–Trinajstić information content (AvgIpc) is 2.53. The van der Waals surface area contributed by atoms with E-state index in [-0.39, 0.29) is 18.8 Å². The van der Waals surface area contributed by atoms with Crippen molar-refractivity contribution >= 4 is 7.12 Å². The van der Waals surface area contributed by atoms with Crippen LogP contribution in [0.2, 0.25) is 0 Å². The van der Waals surface area contributed by atoms with Gasteiger partial charge in [-0.3, -0.25) is 0 Å². The minimum absolute atomic E-state index is 0.0723. The standard InChI is InChI=1S/C12H19BO2/c1-5-13-14-10-7-8-6-9(11(8,2)3)12(10,4)15-13/h5,8-10H,1,6-7H2,2-4H3/t8?,9?,10?,12-/m0/s1. The predicted octanol–water partition coefficient (Wildman–Crippen LogP) is 2.44. The van der Waals surface area contributed by atoms with E-state index in [0.29, 0.717) is 11.3 Å². The Labute approximate surface area is 92.2 Å². The minimum Gasteiger partial charge on any atom is -0.402 e. The molecule has 1 aliphatic heterocycles. The first-order valence-electron chi connectivity index (χ1n) is 5.94. The quantitative estimate of drug-likeness (QED) is 0.613. The SMILES string of the molecule is C=CB1OC2CC3CC(C3(C)C)[C@]2(C)O1. The molecule has 2 nitrogen and oxygen atoms in total. The summed E-state index contributed by atoms with van der Waals surface area (Å²) in [5.74, 6) is 3.25. The van der Waals surface area contributed by atoms with Crippen LogP contribution in [0.1, 0.15) is 33.6 Å². The van der Waals surface area contributed by atoms with Crippen LogP contribution < -0.4 is 0 Å². The van der Waals surface area contributed by atoms with Crippen LogP contribution in [0.3, 0.4) is 0 Å². The van der Waals surface area contributed by atoms with Gasteiger partial charge in [-0.1, -0.05) is 19.8 Å². The van der Waals surface area contributed by atoms with Gasteiger partial charge in [-0.25, -0.2) is 0 Å². The van der Waals surface area contributed by atoms with Gasteiger partial charge in [0.05, 0.1) is 11.7 Å². The molecule has 15 heavy (non-hydrogen) atoms. The van der Waals surface area contributed by atoms with Crippen molar-refractivity contribution in [2.75, 3.05) is 0 Å². The van der Waals surface area contributed by atoms with E-state index in [4.69, 9.17) is 9.31 Å². The zero-order valence-corrected chi connectivity index (χ0v) is 9.82. The molecule has 0 N–H and O–H groups in total. The lowest BCUT2D eigenvalue weighted by atomic mass is 9.43. The maximum atomic E-state index is 6.05. The van der Waals surface area contributed by atoms with E-state index in [1.54, 1.807) is 5.98 Å². The molecule has 0 amide bonds. The van der Waals surface area contributed by atoms with Gasteiger partial charge in [0.1, 0.15) is 0 Å². The van der Waals surface area contributed by atoms with E-state index in [1.165, 1.54) is 6.42 Å². The molecular formula is C12H19BO2. The van der Waals surface area contributed by atoms with Gasteiger partial charge in [0, 0.05) is 0 Å². The van der Waals surface area contributed by atoms with Crippen LogP contribution in [0.15, 0.2) is 12.6 Å². The van der Waals surface area contributed by atoms with Crippen LogP contribution in [0.4, 0.5) is 0 Å². The Bertz CT molecular complexity index is 315. The third-order valence-electron chi connectivity index (χ3n) is 5.16. The zero-order valence-electron chi connectivity index (χ0n) is 9.82. The summed E-state index contributed by atoms with van der Waals surface area (Å²) in [6, 6.07) is 0. The first kappa shape index (κ1) is 9.92. The van der Waals surface area contributed by atoms with Crippen molar-refractivity contribution in [2.24, 2.45) is 17.3 Å². The smallest absolute Gasteiger partial charge is 0.402 e. The maximum absolute atomic E-state index is 6.05. The maximum Gasteiger partial charge on any atom is 0.486 e. The molecule has 3 heteroatoms. The highest BCUT2D eigenvalue weighted by Gasteiger charge is 2.67. The van der Waals surface area contributed by atoms with Crippen LogP contribution in [0, 0.1) is 17.3 Å². The number of hydrogen-bond acceptors (Lipinski definition) is 2. The number of rotatable bonds is 1. The summed E-state index contributed by atoms with van der Waals surface area (Å²) in [4.78, 5) is 0. The second-order valence-corrected chi connectivity index (χ2v) is 6.07. The van der Waals surface area contributed by atoms with E-state index in [9.17, 15) is 0 Å². The van der Waals surface area contributed by atoms with E-state index in [1.807, 2.05) is 0 Å². The summed E-state index contributed by atoms with van der Waals surface area (Å²) in [6.45, 7) is 10.7. The molecular weight excluding hydrogens is 187 g/mol. The van der Waals surface area contributed by atoms with Gasteiger partial charge >= 0.3 is 7.12 Å². The van der Waals surface area contributed by atoms with Gasteiger partial charge in [-0.05, 0) is 37.0 Å². The number of hydrogen-bond donors (Lipinski definition) is 0. The molecule has 1 saturated heterocycles. The van der Waals surface area contributed by atoms with Crippen LogP contribution in [-0.2, 0) is 9.31 Å². The van der Waals surface area contributed by atoms with Crippen molar-refractivity contribution < 1.29 is 9.31 Å². The van der Waals surface area contributed by atoms with Crippen molar-refractivity contribution in [3.63, 3.8) is 0 Å². The zero-order chi connectivity index (χ0) is 10.8. The fourth-order valence-electron chi connectivity index (χ4n) is 4.00. The Hall–Kier alpha value is -0.275. The van der Waals surface area contributed by atoms with Gasteiger partial charge in [0.25, 0.3) is 0 Å². The fraction of sp³-hybridized carbons (Fsp3) is 0.833. The van der Waals surface area contributed by atoms with Gasteiger partial charge in [0.15, 0.2) is 0 Å². The van der Waals surface area contributed by atoms with E-state index in [2.05, 4.69) is 27.4 Å². The van der Waals surface area contributed by atoms with Crippen LogP contribution >= 0.6 is 0 Å². The van der Waals surface area contributed by atoms with Crippen molar-refractivity contribution in [3.05, 3.63) is 12.6 Å². The largest absolute Gasteiger partial charge is 0.486 e. The topological polar surface area (TPSA) is 18.5 Å². The first-order valence-corrected chi connectivity index (χ1v) is 5.94. The second-order valence-electron chi connectivity index (χ2n) is 6.07. The van der Waals surface area contributed by atoms with Gasteiger partial charge < -0.3 is 9.31 Å². The van der Waals surface area contributed by atoms with E-state index < -0.39 is 0 Å². The fourth-order valence-corrected chi connectivity index (χ4v) is 4.00. The van der Waals surface area contributed by atoms with Gasteiger partial charge in [-0.2, -0.15) is 0 Å². The van der Waals surface area contributed by atoms with Crippen molar-refractivity contribution in [2.45, 2.75) is 45.3 Å². The predicted molar refractivity (Wildman–Crippen MR) is 60.3 cm³/mol. The molecule has 4 fully saturated rings. The summed E-state index contributed by atoms with van der Waals surface area (Å²) >= 11 is 0. The lowest BCUT2D eigenvalue weighted by Crippen LogP contribution is -2.65. The third-order valence-corrected chi connectivity index (χ3v) is 5.16. The van der Waals surface area contributed by atoms with E-state index in [0.717, 1.165) is 12.3 Å². The molecule has 4 atom stereocenters. The van der Waals surface area contributed by atoms with Gasteiger partial charge in [-0.15, -0.1) is 6.58 Å². The molecule has 0 aromatic rings. The summed E-state index contributed by atoms with van der Waals surface area (Å²) in [6.07, 6.45) is 2.76. The Morgan fingerprint density at radius 1 is 1.33 bits per heavy atom. The van der Waals surface area contributed by atoms with Gasteiger partial charge in [0.2, 0.25) is 0 Å². The van der Waals surface area contributed by atoms with Crippen LogP contribution in [-0.4, -0.2) is 18.8 Å². The minimum atomic E-state index is -0.185. The molecule has 3 saturated carbocycles. The Kier molecular flexibility index (Phi) is 1.78. The molecule has 0 aromatic heterocycles. The summed E-state index contributed by atoms with van der Waals surface area (Å²) in [5.41, 5.74) is 0.363. The van der Waals surface area contributed by atoms with Crippen molar-refractivity contribution in [1.29, 1.82) is 0 Å². The molecule has 4 aliphatic rings. The molecule has 3 aliphatic carbocycles. The summed E-state index contributed by atoms with van der Waals surface area (Å²) < 4.78 is 11.9. The summed E-state index contributed by atoms with van der Waals surface area (Å²) in [5, 5.41) is 0. The Morgan fingerprint density at radius 2 is 2.07 bits per heavy atom. The highest BCUT2D eigenvalue weighted by Crippen LogP contribution is 2.65. The Morgan fingerprint density at radius 3 is 2.67 bits per heavy atom. The second kappa shape index (κ2) is 2.69. The molecule has 82 valence electrons. The summed E-state index contributed by atoms with van der Waals surface area (Å²) in [7, 11) is -0.185. The molecule has 0 aromatic carbocycles. The highest BCUT2D eigenvalue weighted by atomic mass is 16.7. The van der Waals surface area contributed by atoms with Crippen LogP contribution in [0.25, 0.3) is 0 Å². The normalized spacial score (nSPS) is 50.9. The molecule has 2 bridgehead atoms. The van der Waals surface area contributed by atoms with E-state index >= 15 is 0 Å². The molecule has 4 rings (SSSR count). The average molecular weight is 206 g/mol. The monoisotopic (exact) mass is 206 g/mol. The molecule has 3 unspecified atom stereocenters. The Balaban J connectivity index is 1.92. The van der Waals surface area contributed by atoms with Crippen molar-refractivity contribution in [1.82, 2.24) is 0 Å². The highest BCUT2D eigenvalue weighted by molar-refractivity contribution is 6.51. The van der Waals surface area contributed by atoms with Crippen molar-refractivity contribution in [3.8, 4) is 0 Å².